The highest BCUT2D eigenvalue weighted by atomic mass is 35.5. The number of hydrogen-bond acceptors (Lipinski definition) is 3. The maximum Gasteiger partial charge on any atom is 0.503 e. The first-order chi connectivity index (χ1) is 14.0. The lowest BCUT2D eigenvalue weighted by molar-refractivity contribution is -0.858. The van der Waals surface area contributed by atoms with Gasteiger partial charge in [-0.1, -0.05) is 84.5 Å². The van der Waals surface area contributed by atoms with E-state index in [0.717, 1.165) is 6.42 Å². The second kappa shape index (κ2) is 21.2. The molecule has 1 N–H and O–H groups in total. The van der Waals surface area contributed by atoms with Gasteiger partial charge in [-0.15, -0.1) is 0 Å². The van der Waals surface area contributed by atoms with Crippen LogP contribution in [-0.4, -0.2) is 50.8 Å². The van der Waals surface area contributed by atoms with E-state index in [2.05, 4.69) is 27.9 Å². The Morgan fingerprint density at radius 3 is 1.50 bits per heavy atom. The molecule has 2 unspecified atom stereocenters. The standard InChI is InChI=1S/C24H53NO3Si.ClH/c1-8-10-11-14-17-20-23(24(9-2)29(26-5,27-6)28-7)21-18-15-12-13-16-19-22-25(3)4;/h23-24H,8-22H2,1-7H3;1H. The molecule has 0 aromatic carbocycles. The van der Waals surface area contributed by atoms with E-state index in [1.54, 1.807) is 26.2 Å². The average molecular weight is 468 g/mol. The topological polar surface area (TPSA) is 32.1 Å². The van der Waals surface area contributed by atoms with Gasteiger partial charge in [-0.2, -0.15) is 0 Å². The Bertz CT molecular complexity index is 349. The summed E-state index contributed by atoms with van der Waals surface area (Å²) in [5.74, 6) is 0.658. The molecular formula is C24H54ClNO3Si. The highest BCUT2D eigenvalue weighted by Gasteiger charge is 2.49. The van der Waals surface area contributed by atoms with E-state index in [4.69, 9.17) is 13.3 Å². The largest absolute Gasteiger partial charge is 1.00 e. The van der Waals surface area contributed by atoms with Crippen molar-refractivity contribution >= 4 is 8.80 Å². The molecule has 30 heavy (non-hydrogen) atoms. The van der Waals surface area contributed by atoms with Gasteiger partial charge in [0.25, 0.3) is 0 Å². The summed E-state index contributed by atoms with van der Waals surface area (Å²) >= 11 is 0. The van der Waals surface area contributed by atoms with Gasteiger partial charge in [0.15, 0.2) is 0 Å². The monoisotopic (exact) mass is 467 g/mol. The summed E-state index contributed by atoms with van der Waals surface area (Å²) < 4.78 is 17.7. The summed E-state index contributed by atoms with van der Waals surface area (Å²) in [6.45, 7) is 5.86. The number of nitrogens with one attached hydrogen (secondary N) is 1. The van der Waals surface area contributed by atoms with E-state index in [-0.39, 0.29) is 12.4 Å². The summed E-state index contributed by atoms with van der Waals surface area (Å²) in [6, 6.07) is 0. The Hall–Kier alpha value is 0.347. The zero-order chi connectivity index (χ0) is 22.0. The molecule has 0 aromatic rings. The van der Waals surface area contributed by atoms with E-state index < -0.39 is 8.80 Å². The summed E-state index contributed by atoms with van der Waals surface area (Å²) in [5, 5.41) is 0. The number of quaternary nitrogens is 1. The van der Waals surface area contributed by atoms with Crippen LogP contribution < -0.4 is 17.3 Å². The van der Waals surface area contributed by atoms with Gasteiger partial charge in [-0.25, -0.2) is 0 Å². The molecule has 0 radical (unpaired) electrons. The van der Waals surface area contributed by atoms with Gasteiger partial charge in [0, 0.05) is 26.9 Å². The lowest BCUT2D eigenvalue weighted by atomic mass is 9.90. The first kappa shape index (κ1) is 32.5. The smallest absolute Gasteiger partial charge is 0.503 e. The predicted molar refractivity (Wildman–Crippen MR) is 128 cm³/mol. The zero-order valence-electron chi connectivity index (χ0n) is 21.4. The third kappa shape index (κ3) is 13.7. The molecule has 184 valence electrons. The average Bonchev–Trinajstić information content (AvgIpc) is 2.72. The number of halogens is 1. The van der Waals surface area contributed by atoms with Crippen LogP contribution in [0.25, 0.3) is 0 Å². The third-order valence-electron chi connectivity index (χ3n) is 6.50. The van der Waals surface area contributed by atoms with Crippen LogP contribution in [0, 0.1) is 5.92 Å². The fraction of sp³-hybridized carbons (Fsp3) is 1.00. The van der Waals surface area contributed by atoms with Crippen LogP contribution in [-0.2, 0) is 13.3 Å². The van der Waals surface area contributed by atoms with Crippen molar-refractivity contribution < 1.29 is 30.6 Å². The van der Waals surface area contributed by atoms with Crippen molar-refractivity contribution in [1.29, 1.82) is 0 Å². The minimum absolute atomic E-state index is 0. The van der Waals surface area contributed by atoms with Gasteiger partial charge in [-0.3, -0.25) is 0 Å². The molecule has 4 nitrogen and oxygen atoms in total. The maximum absolute atomic E-state index is 5.90. The minimum Gasteiger partial charge on any atom is -1.00 e. The molecule has 0 bridgehead atoms. The first-order valence-electron chi connectivity index (χ1n) is 12.5. The Balaban J connectivity index is 0. The molecular weight excluding hydrogens is 414 g/mol. The molecule has 0 saturated heterocycles. The summed E-state index contributed by atoms with van der Waals surface area (Å²) in [7, 11) is 7.23. The van der Waals surface area contributed by atoms with Crippen molar-refractivity contribution in [2.24, 2.45) is 5.92 Å². The van der Waals surface area contributed by atoms with Crippen molar-refractivity contribution in [2.45, 2.75) is 109 Å². The van der Waals surface area contributed by atoms with E-state index in [1.165, 1.54) is 90.0 Å². The van der Waals surface area contributed by atoms with Crippen LogP contribution in [0.4, 0.5) is 0 Å². The number of hydrogen-bond donors (Lipinski definition) is 1. The van der Waals surface area contributed by atoms with Crippen molar-refractivity contribution in [3.05, 3.63) is 0 Å². The van der Waals surface area contributed by atoms with Crippen LogP contribution in [0.1, 0.15) is 104 Å². The molecule has 0 saturated carbocycles. The summed E-state index contributed by atoms with van der Waals surface area (Å²) in [4.78, 5) is 1.57. The van der Waals surface area contributed by atoms with E-state index in [0.29, 0.717) is 11.5 Å². The highest BCUT2D eigenvalue weighted by Crippen LogP contribution is 2.40. The SMILES string of the molecule is CCCCCCCC(CCCCCCCC[NH+](C)C)C(CC)[Si](OC)(OC)OC.[Cl-]. The van der Waals surface area contributed by atoms with Crippen molar-refractivity contribution in [3.63, 3.8) is 0 Å². The van der Waals surface area contributed by atoms with Crippen LogP contribution in [0.5, 0.6) is 0 Å². The number of unbranched alkanes of at least 4 members (excludes halogenated alkanes) is 9. The van der Waals surface area contributed by atoms with Gasteiger partial charge < -0.3 is 30.6 Å². The third-order valence-corrected chi connectivity index (χ3v) is 9.99. The molecule has 2 atom stereocenters. The van der Waals surface area contributed by atoms with Crippen LogP contribution >= 0.6 is 0 Å². The number of rotatable bonds is 21. The fourth-order valence-corrected chi connectivity index (χ4v) is 7.54. The van der Waals surface area contributed by atoms with Gasteiger partial charge in [0.05, 0.1) is 20.6 Å². The Labute approximate surface area is 196 Å². The van der Waals surface area contributed by atoms with E-state index in [9.17, 15) is 0 Å². The van der Waals surface area contributed by atoms with Gasteiger partial charge in [0.2, 0.25) is 0 Å². The predicted octanol–water partition coefficient (Wildman–Crippen LogP) is 2.50. The lowest BCUT2D eigenvalue weighted by Gasteiger charge is -2.37. The molecule has 0 fully saturated rings. The molecule has 0 rings (SSSR count). The van der Waals surface area contributed by atoms with E-state index >= 15 is 0 Å². The lowest BCUT2D eigenvalue weighted by Crippen LogP contribution is -3.05. The van der Waals surface area contributed by atoms with Gasteiger partial charge >= 0.3 is 8.80 Å². The molecule has 0 heterocycles. The highest BCUT2D eigenvalue weighted by molar-refractivity contribution is 6.62. The molecule has 0 spiro atoms. The maximum atomic E-state index is 5.90. The zero-order valence-corrected chi connectivity index (χ0v) is 23.1. The van der Waals surface area contributed by atoms with Crippen molar-refractivity contribution in [2.75, 3.05) is 42.0 Å². The molecule has 0 aliphatic rings. The van der Waals surface area contributed by atoms with Crippen molar-refractivity contribution in [1.82, 2.24) is 0 Å². The van der Waals surface area contributed by atoms with Crippen LogP contribution in [0.3, 0.4) is 0 Å². The molecule has 0 aromatic heterocycles. The van der Waals surface area contributed by atoms with Gasteiger partial charge in [-0.05, 0) is 25.2 Å². The minimum atomic E-state index is -2.58. The molecule has 6 heteroatoms. The van der Waals surface area contributed by atoms with Crippen molar-refractivity contribution in [3.8, 4) is 0 Å². The first-order valence-corrected chi connectivity index (χ1v) is 14.3. The Morgan fingerprint density at radius 1 is 0.667 bits per heavy atom. The quantitative estimate of drug-likeness (QED) is 0.208. The van der Waals surface area contributed by atoms with Crippen LogP contribution in [0.2, 0.25) is 5.54 Å². The molecule has 0 aliphatic heterocycles. The summed E-state index contributed by atoms with van der Waals surface area (Å²) in [6.07, 6.45) is 18.6. The second-order valence-electron chi connectivity index (χ2n) is 9.06. The van der Waals surface area contributed by atoms with Gasteiger partial charge in [0.1, 0.15) is 0 Å². The molecule has 0 amide bonds. The Kier molecular flexibility index (Phi) is 23.0. The van der Waals surface area contributed by atoms with Crippen LogP contribution in [0.15, 0.2) is 0 Å². The Morgan fingerprint density at radius 2 is 1.10 bits per heavy atom. The fourth-order valence-electron chi connectivity index (χ4n) is 4.73. The normalized spacial score (nSPS) is 14.0. The summed E-state index contributed by atoms with van der Waals surface area (Å²) in [5.41, 5.74) is 0.414. The second-order valence-corrected chi connectivity index (χ2v) is 12.2. The van der Waals surface area contributed by atoms with E-state index in [1.807, 2.05) is 0 Å². The molecule has 0 aliphatic carbocycles.